The van der Waals surface area contributed by atoms with E-state index in [1.54, 1.807) is 36.4 Å². The van der Waals surface area contributed by atoms with Gasteiger partial charge in [-0.2, -0.15) is 23.1 Å². The second-order valence-electron chi connectivity index (χ2n) is 5.67. The minimum Gasteiger partial charge on any atom is -0.396 e. The summed E-state index contributed by atoms with van der Waals surface area (Å²) in [5.74, 6) is -0.384. The SMILES string of the molecule is O=S(=O)(Nn1nc(CCCO)cc1-c1ccc(F)cc1)c1ccccc1. The summed E-state index contributed by atoms with van der Waals surface area (Å²) in [4.78, 5) is 3.71. The van der Waals surface area contributed by atoms with Gasteiger partial charge in [-0.25, -0.2) is 4.39 Å². The van der Waals surface area contributed by atoms with Gasteiger partial charge in [0, 0.05) is 12.2 Å². The summed E-state index contributed by atoms with van der Waals surface area (Å²) in [6.07, 6.45) is 0.996. The molecule has 0 unspecified atom stereocenters. The molecule has 3 aromatic rings. The number of halogens is 1. The Morgan fingerprint density at radius 2 is 1.77 bits per heavy atom. The van der Waals surface area contributed by atoms with Crippen molar-refractivity contribution in [3.05, 3.63) is 72.2 Å². The van der Waals surface area contributed by atoms with Gasteiger partial charge in [0.25, 0.3) is 10.0 Å². The Morgan fingerprint density at radius 1 is 1.08 bits per heavy atom. The Hall–Kier alpha value is -2.71. The Morgan fingerprint density at radius 3 is 2.42 bits per heavy atom. The highest BCUT2D eigenvalue weighted by molar-refractivity contribution is 7.92. The minimum absolute atomic E-state index is 0.00842. The third-order valence-corrected chi connectivity index (χ3v) is 5.06. The number of benzene rings is 2. The van der Waals surface area contributed by atoms with E-state index in [1.807, 2.05) is 0 Å². The summed E-state index contributed by atoms with van der Waals surface area (Å²) in [6, 6.07) is 15.4. The Balaban J connectivity index is 1.99. The van der Waals surface area contributed by atoms with Crippen LogP contribution in [0.15, 0.2) is 65.6 Å². The van der Waals surface area contributed by atoms with E-state index in [0.29, 0.717) is 29.8 Å². The van der Waals surface area contributed by atoms with E-state index in [0.717, 1.165) is 0 Å². The second-order valence-corrected chi connectivity index (χ2v) is 7.34. The molecule has 0 spiro atoms. The van der Waals surface area contributed by atoms with Crippen LogP contribution in [-0.4, -0.2) is 30.0 Å². The van der Waals surface area contributed by atoms with Gasteiger partial charge in [0.15, 0.2) is 0 Å². The van der Waals surface area contributed by atoms with Crippen molar-refractivity contribution in [2.24, 2.45) is 0 Å². The normalized spacial score (nSPS) is 11.5. The number of nitrogens with one attached hydrogen (secondary N) is 1. The predicted molar refractivity (Wildman–Crippen MR) is 96.0 cm³/mol. The van der Waals surface area contributed by atoms with Crippen molar-refractivity contribution in [1.82, 2.24) is 9.89 Å². The zero-order chi connectivity index (χ0) is 18.6. The van der Waals surface area contributed by atoms with Crippen molar-refractivity contribution in [1.29, 1.82) is 0 Å². The number of nitrogens with zero attached hydrogens (tertiary/aromatic N) is 2. The van der Waals surface area contributed by atoms with E-state index in [-0.39, 0.29) is 17.3 Å². The first kappa shape index (κ1) is 18.1. The molecular formula is C18H18FN3O3S. The summed E-state index contributed by atoms with van der Waals surface area (Å²) < 4.78 is 38.4. The lowest BCUT2D eigenvalue weighted by Gasteiger charge is -2.11. The van der Waals surface area contributed by atoms with Gasteiger partial charge in [-0.05, 0) is 55.3 Å². The molecule has 0 amide bonds. The summed E-state index contributed by atoms with van der Waals surface area (Å²) in [5, 5.41) is 13.3. The number of hydrogen-bond acceptors (Lipinski definition) is 4. The third-order valence-electron chi connectivity index (χ3n) is 3.75. The summed E-state index contributed by atoms with van der Waals surface area (Å²) >= 11 is 0. The maximum atomic E-state index is 13.2. The first-order valence-electron chi connectivity index (χ1n) is 8.03. The van der Waals surface area contributed by atoms with Crippen LogP contribution in [0.2, 0.25) is 0 Å². The molecule has 3 rings (SSSR count). The number of aromatic nitrogens is 2. The number of sulfonamides is 1. The molecule has 6 nitrogen and oxygen atoms in total. The molecule has 0 atom stereocenters. The average Bonchev–Trinajstić information content (AvgIpc) is 3.03. The fourth-order valence-electron chi connectivity index (χ4n) is 2.47. The predicted octanol–water partition coefficient (Wildman–Crippen LogP) is 2.55. The van der Waals surface area contributed by atoms with Crippen LogP contribution in [0.25, 0.3) is 11.3 Å². The number of hydrogen-bond donors (Lipinski definition) is 2. The molecule has 8 heteroatoms. The molecule has 2 N–H and O–H groups in total. The molecule has 0 radical (unpaired) electrons. The van der Waals surface area contributed by atoms with Crippen LogP contribution in [0.3, 0.4) is 0 Å². The lowest BCUT2D eigenvalue weighted by atomic mass is 10.1. The van der Waals surface area contributed by atoms with Gasteiger partial charge >= 0.3 is 0 Å². The summed E-state index contributed by atoms with van der Waals surface area (Å²) in [5.41, 5.74) is 1.72. The third kappa shape index (κ3) is 4.09. The number of aryl methyl sites for hydroxylation is 1. The van der Waals surface area contributed by atoms with Crippen molar-refractivity contribution >= 4 is 10.0 Å². The first-order valence-corrected chi connectivity index (χ1v) is 9.51. The fraction of sp³-hybridized carbons (Fsp3) is 0.167. The number of aliphatic hydroxyl groups excluding tert-OH is 1. The van der Waals surface area contributed by atoms with E-state index in [4.69, 9.17) is 5.11 Å². The molecular weight excluding hydrogens is 357 g/mol. The molecule has 0 aliphatic rings. The van der Waals surface area contributed by atoms with Gasteiger partial charge in [0.2, 0.25) is 0 Å². The molecule has 0 aliphatic heterocycles. The molecule has 0 fully saturated rings. The van der Waals surface area contributed by atoms with Crippen molar-refractivity contribution in [3.63, 3.8) is 0 Å². The van der Waals surface area contributed by atoms with E-state index < -0.39 is 10.0 Å². The number of rotatable bonds is 7. The smallest absolute Gasteiger partial charge is 0.276 e. The van der Waals surface area contributed by atoms with Crippen molar-refractivity contribution in [3.8, 4) is 11.3 Å². The zero-order valence-electron chi connectivity index (χ0n) is 13.8. The Labute approximate surface area is 150 Å². The van der Waals surface area contributed by atoms with Gasteiger partial charge in [-0.15, -0.1) is 0 Å². The van der Waals surface area contributed by atoms with Crippen LogP contribution in [0, 0.1) is 5.82 Å². The highest BCUT2D eigenvalue weighted by Crippen LogP contribution is 2.22. The van der Waals surface area contributed by atoms with E-state index in [1.165, 1.54) is 29.1 Å². The van der Waals surface area contributed by atoms with Crippen molar-refractivity contribution in [2.75, 3.05) is 11.4 Å². The van der Waals surface area contributed by atoms with Crippen LogP contribution in [0.1, 0.15) is 12.1 Å². The Kier molecular flexibility index (Phi) is 5.34. The quantitative estimate of drug-likeness (QED) is 0.665. The number of aliphatic hydroxyl groups is 1. The second kappa shape index (κ2) is 7.67. The molecule has 0 saturated heterocycles. The average molecular weight is 375 g/mol. The lowest BCUT2D eigenvalue weighted by molar-refractivity contribution is 0.288. The summed E-state index contributed by atoms with van der Waals surface area (Å²) in [6.45, 7) is 0.00842. The zero-order valence-corrected chi connectivity index (χ0v) is 14.7. The van der Waals surface area contributed by atoms with Gasteiger partial charge in [-0.1, -0.05) is 18.2 Å². The van der Waals surface area contributed by atoms with E-state index in [9.17, 15) is 12.8 Å². The summed E-state index contributed by atoms with van der Waals surface area (Å²) in [7, 11) is -3.83. The van der Waals surface area contributed by atoms with Gasteiger partial charge < -0.3 is 5.11 Å². The molecule has 1 heterocycles. The van der Waals surface area contributed by atoms with Gasteiger partial charge in [0.1, 0.15) is 5.82 Å². The van der Waals surface area contributed by atoms with Crippen LogP contribution in [0.4, 0.5) is 4.39 Å². The Bertz CT molecular complexity index is 971. The first-order chi connectivity index (χ1) is 12.5. The standard InChI is InChI=1S/C18H18FN3O3S/c19-15-10-8-14(9-11-15)18-13-16(5-4-12-23)20-22(18)21-26(24,25)17-6-2-1-3-7-17/h1-3,6-11,13,21,23H,4-5,12H2. The maximum absolute atomic E-state index is 13.2. The topological polar surface area (TPSA) is 84.2 Å². The highest BCUT2D eigenvalue weighted by atomic mass is 32.2. The lowest BCUT2D eigenvalue weighted by Crippen LogP contribution is -2.25. The maximum Gasteiger partial charge on any atom is 0.276 e. The van der Waals surface area contributed by atoms with Crippen LogP contribution in [0.5, 0.6) is 0 Å². The van der Waals surface area contributed by atoms with Crippen molar-refractivity contribution in [2.45, 2.75) is 17.7 Å². The molecule has 26 heavy (non-hydrogen) atoms. The van der Waals surface area contributed by atoms with E-state index >= 15 is 0 Å². The largest absolute Gasteiger partial charge is 0.396 e. The van der Waals surface area contributed by atoms with Crippen LogP contribution in [-0.2, 0) is 16.4 Å². The van der Waals surface area contributed by atoms with E-state index in [2.05, 4.69) is 9.93 Å². The molecule has 0 aliphatic carbocycles. The van der Waals surface area contributed by atoms with Crippen LogP contribution < -0.4 is 4.83 Å². The molecule has 1 aromatic heterocycles. The minimum atomic E-state index is -3.83. The van der Waals surface area contributed by atoms with Gasteiger partial charge in [-0.3, -0.25) is 0 Å². The molecule has 2 aromatic carbocycles. The fourth-order valence-corrected chi connectivity index (χ4v) is 3.46. The van der Waals surface area contributed by atoms with Crippen molar-refractivity contribution < 1.29 is 17.9 Å². The molecule has 136 valence electrons. The monoisotopic (exact) mass is 375 g/mol. The van der Waals surface area contributed by atoms with Crippen LogP contribution >= 0.6 is 0 Å². The highest BCUT2D eigenvalue weighted by Gasteiger charge is 2.18. The molecule has 0 saturated carbocycles. The molecule has 0 bridgehead atoms. The van der Waals surface area contributed by atoms with Gasteiger partial charge in [0.05, 0.1) is 16.3 Å².